The lowest BCUT2D eigenvalue weighted by Gasteiger charge is -2.35. The van der Waals surface area contributed by atoms with Crippen LogP contribution in [0.2, 0.25) is 0 Å². The molecule has 0 atom stereocenters. The third kappa shape index (κ3) is 3.41. The molecule has 0 aromatic heterocycles. The van der Waals surface area contributed by atoms with Crippen molar-refractivity contribution in [2.45, 2.75) is 17.6 Å². The van der Waals surface area contributed by atoms with Gasteiger partial charge in [0.2, 0.25) is 0 Å². The summed E-state index contributed by atoms with van der Waals surface area (Å²) in [5, 5.41) is 0. The highest BCUT2D eigenvalue weighted by molar-refractivity contribution is 7.91. The lowest BCUT2D eigenvalue weighted by atomic mass is 9.90. The monoisotopic (exact) mass is 328 g/mol. The summed E-state index contributed by atoms with van der Waals surface area (Å²) >= 11 is 0. The Bertz CT molecular complexity index is 614. The van der Waals surface area contributed by atoms with Crippen LogP contribution in [0.25, 0.3) is 0 Å². The van der Waals surface area contributed by atoms with Gasteiger partial charge >= 0.3 is 5.97 Å². The molecule has 0 N–H and O–H groups in total. The van der Waals surface area contributed by atoms with Crippen molar-refractivity contribution in [1.82, 2.24) is 0 Å². The summed E-state index contributed by atoms with van der Waals surface area (Å²) in [5.41, 5.74) is 0.726. The molecule has 122 valence electrons. The van der Waals surface area contributed by atoms with Crippen molar-refractivity contribution in [3.63, 3.8) is 0 Å². The zero-order valence-electron chi connectivity index (χ0n) is 12.7. The lowest BCUT2D eigenvalue weighted by Crippen LogP contribution is -2.40. The number of rotatable bonds is 5. The van der Waals surface area contributed by atoms with Crippen LogP contribution in [0.3, 0.4) is 0 Å². The Kier molecular flexibility index (Phi) is 5.08. The van der Waals surface area contributed by atoms with Crippen LogP contribution in [0.4, 0.5) is 0 Å². The molecule has 1 aliphatic rings. The Morgan fingerprint density at radius 2 is 1.82 bits per heavy atom. The number of carbonyl (C=O) groups is 1. The number of ether oxygens (including phenoxy) is 3. The largest absolute Gasteiger partial charge is 0.482 e. The fourth-order valence-corrected chi connectivity index (χ4v) is 4.10. The van der Waals surface area contributed by atoms with E-state index in [4.69, 9.17) is 9.47 Å². The van der Waals surface area contributed by atoms with E-state index in [-0.39, 0.29) is 6.61 Å². The van der Waals surface area contributed by atoms with Gasteiger partial charge in [-0.25, -0.2) is 13.2 Å². The second-order valence-electron chi connectivity index (χ2n) is 5.27. The Morgan fingerprint density at radius 3 is 2.32 bits per heavy atom. The van der Waals surface area contributed by atoms with Crippen LogP contribution in [0.1, 0.15) is 18.4 Å². The molecule has 2 rings (SSSR count). The van der Waals surface area contributed by atoms with Crippen molar-refractivity contribution < 1.29 is 27.4 Å². The number of carbonyl (C=O) groups excluding carboxylic acids is 1. The van der Waals surface area contributed by atoms with Crippen LogP contribution >= 0.6 is 0 Å². The van der Waals surface area contributed by atoms with Crippen LogP contribution in [-0.4, -0.2) is 47.6 Å². The number of hydrogen-bond acceptors (Lipinski definition) is 6. The van der Waals surface area contributed by atoms with Gasteiger partial charge in [-0.05, 0) is 30.5 Å². The summed E-state index contributed by atoms with van der Waals surface area (Å²) in [6.45, 7) is 0.669. The van der Waals surface area contributed by atoms with Gasteiger partial charge in [-0.3, -0.25) is 0 Å². The van der Waals surface area contributed by atoms with E-state index in [1.165, 1.54) is 13.4 Å². The Morgan fingerprint density at radius 1 is 1.23 bits per heavy atom. The van der Waals surface area contributed by atoms with E-state index < -0.39 is 20.6 Å². The summed E-state index contributed by atoms with van der Waals surface area (Å²) < 4.78 is 38.8. The summed E-state index contributed by atoms with van der Waals surface area (Å²) in [7, 11) is -1.99. The molecular weight excluding hydrogens is 308 g/mol. The fourth-order valence-electron chi connectivity index (χ4n) is 2.63. The van der Waals surface area contributed by atoms with Gasteiger partial charge in [0.25, 0.3) is 0 Å². The number of hydrogen-bond donors (Lipinski definition) is 0. The molecule has 0 spiro atoms. The van der Waals surface area contributed by atoms with E-state index in [1.54, 1.807) is 24.3 Å². The van der Waals surface area contributed by atoms with E-state index in [9.17, 15) is 13.2 Å². The molecule has 0 saturated carbocycles. The maximum atomic E-state index is 12.3. The number of sulfone groups is 1. The first-order valence-corrected chi connectivity index (χ1v) is 8.86. The minimum absolute atomic E-state index is 0.180. The number of methoxy groups -OCH3 is 1. The fraction of sp³-hybridized carbons (Fsp3) is 0.533. The average molecular weight is 328 g/mol. The Labute approximate surface area is 130 Å². The maximum Gasteiger partial charge on any atom is 0.343 e. The molecule has 0 amide bonds. The summed E-state index contributed by atoms with van der Waals surface area (Å²) in [6.07, 6.45) is 2.14. The van der Waals surface area contributed by atoms with Crippen molar-refractivity contribution in [2.75, 3.05) is 33.2 Å². The highest BCUT2D eigenvalue weighted by Gasteiger charge is 2.43. The zero-order valence-corrected chi connectivity index (χ0v) is 13.5. The van der Waals surface area contributed by atoms with Crippen LogP contribution in [0.15, 0.2) is 24.3 Å². The zero-order chi connectivity index (χ0) is 16.2. The molecule has 22 heavy (non-hydrogen) atoms. The smallest absolute Gasteiger partial charge is 0.343 e. The van der Waals surface area contributed by atoms with Gasteiger partial charge in [-0.2, -0.15) is 0 Å². The van der Waals surface area contributed by atoms with E-state index in [2.05, 4.69) is 4.74 Å². The number of esters is 1. The van der Waals surface area contributed by atoms with Crippen LogP contribution in [0.5, 0.6) is 5.75 Å². The number of benzene rings is 1. The molecule has 6 nitrogen and oxygen atoms in total. The van der Waals surface area contributed by atoms with Gasteiger partial charge in [0, 0.05) is 19.5 Å². The van der Waals surface area contributed by atoms with E-state index >= 15 is 0 Å². The third-order valence-electron chi connectivity index (χ3n) is 3.98. The van der Waals surface area contributed by atoms with Crippen LogP contribution in [0, 0.1) is 0 Å². The van der Waals surface area contributed by atoms with Crippen molar-refractivity contribution in [3.05, 3.63) is 29.8 Å². The van der Waals surface area contributed by atoms with Crippen LogP contribution in [-0.2, 0) is 28.9 Å². The van der Waals surface area contributed by atoms with Crippen molar-refractivity contribution in [2.24, 2.45) is 0 Å². The second-order valence-corrected chi connectivity index (χ2v) is 7.59. The predicted molar refractivity (Wildman–Crippen MR) is 80.5 cm³/mol. The van der Waals surface area contributed by atoms with E-state index in [1.807, 2.05) is 0 Å². The summed E-state index contributed by atoms with van der Waals surface area (Å²) in [6, 6.07) is 6.80. The van der Waals surface area contributed by atoms with Crippen molar-refractivity contribution in [3.8, 4) is 5.75 Å². The molecule has 0 radical (unpaired) electrons. The first kappa shape index (κ1) is 16.8. The molecule has 1 aromatic rings. The van der Waals surface area contributed by atoms with Crippen molar-refractivity contribution >= 4 is 15.8 Å². The molecule has 1 aliphatic heterocycles. The third-order valence-corrected chi connectivity index (χ3v) is 6.04. The quantitative estimate of drug-likeness (QED) is 0.758. The summed E-state index contributed by atoms with van der Waals surface area (Å²) in [4.78, 5) is 11.0. The van der Waals surface area contributed by atoms with Gasteiger partial charge in [-0.15, -0.1) is 0 Å². The Balaban J connectivity index is 2.22. The van der Waals surface area contributed by atoms with Gasteiger partial charge in [-0.1, -0.05) is 12.1 Å². The standard InChI is InChI=1S/C15H20O6S/c1-19-14(16)11-21-13-5-3-12(4-6-13)15(22(2,17)18)7-9-20-10-8-15/h3-6H,7-11H2,1-2H3. The first-order valence-electron chi connectivity index (χ1n) is 6.96. The SMILES string of the molecule is COC(=O)COc1ccc(C2(S(C)(=O)=O)CCOCC2)cc1. The molecule has 1 heterocycles. The topological polar surface area (TPSA) is 78.9 Å². The minimum atomic E-state index is -3.28. The lowest BCUT2D eigenvalue weighted by molar-refractivity contribution is -0.142. The second kappa shape index (κ2) is 6.66. The van der Waals surface area contributed by atoms with Gasteiger partial charge in [0.15, 0.2) is 16.4 Å². The highest BCUT2D eigenvalue weighted by atomic mass is 32.2. The first-order chi connectivity index (χ1) is 10.4. The van der Waals surface area contributed by atoms with Gasteiger partial charge in [0.05, 0.1) is 7.11 Å². The average Bonchev–Trinajstić information content (AvgIpc) is 2.52. The Hall–Kier alpha value is -1.60. The molecule has 1 aromatic carbocycles. The van der Waals surface area contributed by atoms with Crippen molar-refractivity contribution in [1.29, 1.82) is 0 Å². The maximum absolute atomic E-state index is 12.3. The van der Waals surface area contributed by atoms with Gasteiger partial charge in [0.1, 0.15) is 10.5 Å². The predicted octanol–water partition coefficient (Wildman–Crippen LogP) is 1.29. The molecule has 1 fully saturated rings. The highest BCUT2D eigenvalue weighted by Crippen LogP contribution is 2.40. The molecule has 0 aliphatic carbocycles. The molecule has 1 saturated heterocycles. The van der Waals surface area contributed by atoms with E-state index in [0.29, 0.717) is 31.8 Å². The minimum Gasteiger partial charge on any atom is -0.482 e. The molecule has 0 bridgehead atoms. The van der Waals surface area contributed by atoms with E-state index in [0.717, 1.165) is 5.56 Å². The molecule has 0 unspecified atom stereocenters. The normalized spacial score (nSPS) is 17.7. The van der Waals surface area contributed by atoms with Gasteiger partial charge < -0.3 is 14.2 Å². The molecular formula is C15H20O6S. The summed E-state index contributed by atoms with van der Waals surface area (Å²) in [5.74, 6) is 0.0194. The molecule has 7 heteroatoms. The van der Waals surface area contributed by atoms with Crippen LogP contribution < -0.4 is 4.74 Å².